The Morgan fingerprint density at radius 2 is 1.53 bits per heavy atom. The number of amides is 3. The molecule has 176 valence electrons. The van der Waals surface area contributed by atoms with E-state index in [9.17, 15) is 14.4 Å². The van der Waals surface area contributed by atoms with Gasteiger partial charge in [-0.1, -0.05) is 49.4 Å². The van der Waals surface area contributed by atoms with Crippen LogP contribution in [-0.2, 0) is 16.1 Å². The molecule has 0 unspecified atom stereocenters. The van der Waals surface area contributed by atoms with Gasteiger partial charge in [0.05, 0.1) is 6.54 Å². The molecule has 0 fully saturated rings. The molecule has 0 saturated carbocycles. The molecule has 0 radical (unpaired) electrons. The van der Waals surface area contributed by atoms with Crippen LogP contribution in [0.15, 0.2) is 72.8 Å². The van der Waals surface area contributed by atoms with Gasteiger partial charge in [0.25, 0.3) is 5.91 Å². The average molecular weight is 459 g/mol. The van der Waals surface area contributed by atoms with E-state index in [1.807, 2.05) is 55.5 Å². The van der Waals surface area contributed by atoms with Crippen molar-refractivity contribution in [1.29, 1.82) is 0 Å². The van der Waals surface area contributed by atoms with Crippen LogP contribution in [0.2, 0.25) is 0 Å². The van der Waals surface area contributed by atoms with Crippen LogP contribution in [0.5, 0.6) is 0 Å². The van der Waals surface area contributed by atoms with E-state index >= 15 is 0 Å². The number of benzene rings is 3. The van der Waals surface area contributed by atoms with Crippen molar-refractivity contribution >= 4 is 34.8 Å². The minimum Gasteiger partial charge on any atom is -0.376 e. The number of nitrogens with one attached hydrogen (secondary N) is 3. The van der Waals surface area contributed by atoms with Crippen molar-refractivity contribution in [2.75, 3.05) is 29.5 Å². The first kappa shape index (κ1) is 24.5. The van der Waals surface area contributed by atoms with Gasteiger partial charge in [0.2, 0.25) is 11.8 Å². The second-order valence-electron chi connectivity index (χ2n) is 8.01. The van der Waals surface area contributed by atoms with Crippen molar-refractivity contribution < 1.29 is 14.4 Å². The molecular formula is C27H30N4O3. The van der Waals surface area contributed by atoms with Gasteiger partial charge in [0.15, 0.2) is 0 Å². The van der Waals surface area contributed by atoms with E-state index in [-0.39, 0.29) is 24.3 Å². The third-order valence-corrected chi connectivity index (χ3v) is 5.37. The smallest absolute Gasteiger partial charge is 0.253 e. The van der Waals surface area contributed by atoms with E-state index < -0.39 is 0 Å². The van der Waals surface area contributed by atoms with Crippen molar-refractivity contribution in [3.05, 3.63) is 89.5 Å². The van der Waals surface area contributed by atoms with Crippen molar-refractivity contribution in [1.82, 2.24) is 4.90 Å². The highest BCUT2D eigenvalue weighted by molar-refractivity contribution is 5.98. The summed E-state index contributed by atoms with van der Waals surface area (Å²) < 4.78 is 0. The van der Waals surface area contributed by atoms with Crippen LogP contribution in [0.3, 0.4) is 0 Å². The van der Waals surface area contributed by atoms with Crippen molar-refractivity contribution in [3.63, 3.8) is 0 Å². The molecule has 0 spiro atoms. The van der Waals surface area contributed by atoms with Crippen molar-refractivity contribution in [2.45, 2.75) is 26.8 Å². The number of hydrogen-bond acceptors (Lipinski definition) is 4. The highest BCUT2D eigenvalue weighted by Crippen LogP contribution is 2.23. The SMILES string of the molecule is CCC(=O)Nc1cccc(NCC(=O)Nc2cccc(C(=O)N(C)Cc3ccccc3)c2)c1C. The fraction of sp³-hybridized carbons (Fsp3) is 0.222. The molecule has 0 aliphatic heterocycles. The van der Waals surface area contributed by atoms with Gasteiger partial charge in [0.1, 0.15) is 0 Å². The highest BCUT2D eigenvalue weighted by Gasteiger charge is 2.14. The topological polar surface area (TPSA) is 90.5 Å². The minimum absolute atomic E-state index is 0.0398. The Morgan fingerprint density at radius 1 is 0.824 bits per heavy atom. The number of carbonyl (C=O) groups is 3. The predicted octanol–water partition coefficient (Wildman–Crippen LogP) is 4.67. The lowest BCUT2D eigenvalue weighted by Gasteiger charge is -2.18. The van der Waals surface area contributed by atoms with Crippen LogP contribution in [-0.4, -0.2) is 36.2 Å². The molecule has 3 amide bonds. The second-order valence-corrected chi connectivity index (χ2v) is 8.01. The van der Waals surface area contributed by atoms with Gasteiger partial charge in [-0.05, 0) is 48.4 Å². The molecule has 0 saturated heterocycles. The summed E-state index contributed by atoms with van der Waals surface area (Å²) in [5, 5.41) is 8.79. The fourth-order valence-corrected chi connectivity index (χ4v) is 3.46. The van der Waals surface area contributed by atoms with Crippen LogP contribution in [0.25, 0.3) is 0 Å². The van der Waals surface area contributed by atoms with Crippen LogP contribution >= 0.6 is 0 Å². The first-order valence-corrected chi connectivity index (χ1v) is 11.2. The fourth-order valence-electron chi connectivity index (χ4n) is 3.46. The quantitative estimate of drug-likeness (QED) is 0.435. The van der Waals surface area contributed by atoms with E-state index in [1.165, 1.54) is 0 Å². The highest BCUT2D eigenvalue weighted by atomic mass is 16.2. The molecular weight excluding hydrogens is 428 g/mol. The molecule has 34 heavy (non-hydrogen) atoms. The van der Waals surface area contributed by atoms with Crippen LogP contribution < -0.4 is 16.0 Å². The van der Waals surface area contributed by atoms with E-state index in [2.05, 4.69) is 16.0 Å². The van der Waals surface area contributed by atoms with Crippen molar-refractivity contribution in [2.24, 2.45) is 0 Å². The zero-order valence-electron chi connectivity index (χ0n) is 19.7. The third-order valence-electron chi connectivity index (χ3n) is 5.37. The van der Waals surface area contributed by atoms with Gasteiger partial charge < -0.3 is 20.9 Å². The predicted molar refractivity (Wildman–Crippen MR) is 136 cm³/mol. The summed E-state index contributed by atoms with van der Waals surface area (Å²) in [6.07, 6.45) is 0.392. The van der Waals surface area contributed by atoms with Gasteiger partial charge in [-0.25, -0.2) is 0 Å². The maximum atomic E-state index is 12.8. The number of hydrogen-bond donors (Lipinski definition) is 3. The maximum absolute atomic E-state index is 12.8. The van der Waals surface area contributed by atoms with Gasteiger partial charge in [-0.3, -0.25) is 14.4 Å². The molecule has 0 atom stereocenters. The Kier molecular flexibility index (Phi) is 8.40. The summed E-state index contributed by atoms with van der Waals surface area (Å²) in [7, 11) is 1.75. The van der Waals surface area contributed by atoms with E-state index in [0.717, 1.165) is 16.8 Å². The summed E-state index contributed by atoms with van der Waals surface area (Å²) >= 11 is 0. The molecule has 7 heteroatoms. The summed E-state index contributed by atoms with van der Waals surface area (Å²) in [6, 6.07) is 22.2. The average Bonchev–Trinajstić information content (AvgIpc) is 2.84. The Balaban J connectivity index is 1.59. The number of rotatable bonds is 9. The number of nitrogens with zero attached hydrogens (tertiary/aromatic N) is 1. The standard InChI is InChI=1S/C27H30N4O3/c1-4-25(32)30-24-15-9-14-23(19(24)2)28-17-26(33)29-22-13-8-12-21(16-22)27(34)31(3)18-20-10-6-5-7-11-20/h5-16,28H,4,17-18H2,1-3H3,(H,29,33)(H,30,32). The molecule has 0 bridgehead atoms. The second kappa shape index (κ2) is 11.7. The lowest BCUT2D eigenvalue weighted by Crippen LogP contribution is -2.26. The van der Waals surface area contributed by atoms with Crippen LogP contribution in [0.4, 0.5) is 17.1 Å². The van der Waals surface area contributed by atoms with E-state index in [1.54, 1.807) is 43.1 Å². The maximum Gasteiger partial charge on any atom is 0.253 e. The molecule has 3 aromatic rings. The first-order chi connectivity index (χ1) is 16.4. The number of carbonyl (C=O) groups excluding carboxylic acids is 3. The van der Waals surface area contributed by atoms with E-state index in [4.69, 9.17) is 0 Å². The Hall–Kier alpha value is -4.13. The molecule has 0 aliphatic carbocycles. The Labute approximate surface area is 200 Å². The summed E-state index contributed by atoms with van der Waals surface area (Å²) in [5.41, 5.74) is 4.41. The molecule has 0 aromatic heterocycles. The molecule has 0 heterocycles. The van der Waals surface area contributed by atoms with Crippen LogP contribution in [0, 0.1) is 6.92 Å². The van der Waals surface area contributed by atoms with Gasteiger partial charge in [-0.2, -0.15) is 0 Å². The summed E-state index contributed by atoms with van der Waals surface area (Å²) in [5.74, 6) is -0.439. The van der Waals surface area contributed by atoms with Crippen molar-refractivity contribution in [3.8, 4) is 0 Å². The molecule has 7 nitrogen and oxygen atoms in total. The Bertz CT molecular complexity index is 1160. The molecule has 3 rings (SSSR count). The lowest BCUT2D eigenvalue weighted by molar-refractivity contribution is -0.116. The normalized spacial score (nSPS) is 10.3. The van der Waals surface area contributed by atoms with Gasteiger partial charge in [0, 0.05) is 42.6 Å². The summed E-state index contributed by atoms with van der Waals surface area (Å²) in [4.78, 5) is 38.7. The van der Waals surface area contributed by atoms with Crippen LogP contribution in [0.1, 0.15) is 34.8 Å². The number of anilines is 3. The largest absolute Gasteiger partial charge is 0.376 e. The zero-order valence-corrected chi connectivity index (χ0v) is 19.7. The first-order valence-electron chi connectivity index (χ1n) is 11.2. The van der Waals surface area contributed by atoms with E-state index in [0.29, 0.717) is 29.9 Å². The van der Waals surface area contributed by atoms with Gasteiger partial charge in [-0.15, -0.1) is 0 Å². The Morgan fingerprint density at radius 3 is 2.26 bits per heavy atom. The summed E-state index contributed by atoms with van der Waals surface area (Å²) in [6.45, 7) is 4.21. The molecule has 3 N–H and O–H groups in total. The molecule has 3 aromatic carbocycles. The zero-order chi connectivity index (χ0) is 24.5. The minimum atomic E-state index is -0.246. The molecule has 0 aliphatic rings. The van der Waals surface area contributed by atoms with Gasteiger partial charge >= 0.3 is 0 Å². The monoisotopic (exact) mass is 458 g/mol. The lowest BCUT2D eigenvalue weighted by atomic mass is 10.1. The third kappa shape index (κ3) is 6.68.